The molecule has 13 heteroatoms. The molecule has 1 heterocycles. The normalized spacial score (nSPS) is 18.1. The average Bonchev–Trinajstić information content (AvgIpc) is 2.75. The Labute approximate surface area is 179 Å². The zero-order chi connectivity index (χ0) is 22.5. The molecule has 1 N–H and O–H groups in total. The molecule has 0 saturated heterocycles. The minimum atomic E-state index is -4.25. The predicted molar refractivity (Wildman–Crippen MR) is 111 cm³/mol. The van der Waals surface area contributed by atoms with Gasteiger partial charge in [0, 0.05) is 30.7 Å². The number of para-hydroxylation sites is 1. The molecule has 0 amide bonds. The van der Waals surface area contributed by atoms with Gasteiger partial charge in [-0.3, -0.25) is 4.55 Å². The molecule has 0 saturated carbocycles. The SMILES string of the molecule is C.CC1=[N+](CCCS(=O)(=O)[O-])c2ccccc2C1(C)CCCS(=O)(=O)O.O=S(=O)=O. The van der Waals surface area contributed by atoms with Crippen LogP contribution in [-0.2, 0) is 36.3 Å². The third kappa shape index (κ3) is 8.60. The number of benzene rings is 1. The van der Waals surface area contributed by atoms with E-state index in [1.54, 1.807) is 0 Å². The Morgan fingerprint density at radius 3 is 2.10 bits per heavy atom. The summed E-state index contributed by atoms with van der Waals surface area (Å²) in [4.78, 5) is 0. The highest BCUT2D eigenvalue weighted by Crippen LogP contribution is 2.42. The van der Waals surface area contributed by atoms with Gasteiger partial charge in [0.2, 0.25) is 5.69 Å². The van der Waals surface area contributed by atoms with E-state index in [2.05, 4.69) is 0 Å². The fraction of sp³-hybridized carbons (Fsp3) is 0.588. The van der Waals surface area contributed by atoms with Crippen molar-refractivity contribution in [2.24, 2.45) is 0 Å². The van der Waals surface area contributed by atoms with Crippen LogP contribution in [0.1, 0.15) is 46.1 Å². The molecule has 172 valence electrons. The Bertz CT molecular complexity index is 1090. The molecular formula is C17H27NO9S3. The Hall–Kier alpha value is -1.67. The minimum Gasteiger partial charge on any atom is -0.748 e. The second kappa shape index (κ2) is 11.1. The van der Waals surface area contributed by atoms with E-state index in [-0.39, 0.29) is 19.6 Å². The van der Waals surface area contributed by atoms with Crippen molar-refractivity contribution in [2.75, 3.05) is 18.1 Å². The highest BCUT2D eigenvalue weighted by molar-refractivity contribution is 7.85. The highest BCUT2D eigenvalue weighted by atomic mass is 32.2. The Balaban J connectivity index is 0.00000154. The second-order valence-corrected chi connectivity index (χ2v) is 10.3. The lowest BCUT2D eigenvalue weighted by atomic mass is 9.76. The monoisotopic (exact) mass is 485 g/mol. The first-order chi connectivity index (χ1) is 13.2. The first-order valence-electron chi connectivity index (χ1n) is 8.54. The summed E-state index contributed by atoms with van der Waals surface area (Å²) >= 11 is 0. The average molecular weight is 486 g/mol. The number of hydrogen-bond donors (Lipinski definition) is 1. The number of hydrogen-bond acceptors (Lipinski definition) is 8. The number of rotatable bonds is 8. The molecule has 0 radical (unpaired) electrons. The lowest BCUT2D eigenvalue weighted by Gasteiger charge is -2.21. The molecule has 1 atom stereocenters. The van der Waals surface area contributed by atoms with Crippen molar-refractivity contribution in [3.05, 3.63) is 29.8 Å². The summed E-state index contributed by atoms with van der Waals surface area (Å²) in [6.07, 6.45) is 1.06. The maximum absolute atomic E-state index is 11.0. The van der Waals surface area contributed by atoms with E-state index in [4.69, 9.17) is 17.2 Å². The van der Waals surface area contributed by atoms with Gasteiger partial charge in [0.25, 0.3) is 10.1 Å². The summed E-state index contributed by atoms with van der Waals surface area (Å²) < 4.78 is 90.8. The van der Waals surface area contributed by atoms with Gasteiger partial charge in [-0.05, 0) is 19.8 Å². The van der Waals surface area contributed by atoms with Crippen molar-refractivity contribution in [1.29, 1.82) is 0 Å². The van der Waals surface area contributed by atoms with Crippen LogP contribution in [0, 0.1) is 0 Å². The fourth-order valence-corrected chi connectivity index (χ4v) is 4.45. The molecule has 0 aromatic heterocycles. The Morgan fingerprint density at radius 1 is 1.07 bits per heavy atom. The van der Waals surface area contributed by atoms with E-state index >= 15 is 0 Å². The summed E-state index contributed by atoms with van der Waals surface area (Å²) in [6.45, 7) is 4.34. The molecule has 0 aliphatic carbocycles. The number of fused-ring (bicyclic) bond motifs is 1. The van der Waals surface area contributed by atoms with E-state index in [1.165, 1.54) is 0 Å². The zero-order valence-corrected chi connectivity index (χ0v) is 18.4. The molecule has 1 aliphatic rings. The maximum atomic E-state index is 11.0. The quantitative estimate of drug-likeness (QED) is 0.421. The lowest BCUT2D eigenvalue weighted by molar-refractivity contribution is -0.438. The van der Waals surface area contributed by atoms with Crippen molar-refractivity contribution in [1.82, 2.24) is 0 Å². The van der Waals surface area contributed by atoms with Crippen LogP contribution < -0.4 is 0 Å². The molecule has 30 heavy (non-hydrogen) atoms. The van der Waals surface area contributed by atoms with Crippen LogP contribution in [0.4, 0.5) is 5.69 Å². The summed E-state index contributed by atoms with van der Waals surface area (Å²) in [7, 11) is -11.4. The van der Waals surface area contributed by atoms with E-state index < -0.39 is 42.0 Å². The molecule has 0 spiro atoms. The van der Waals surface area contributed by atoms with Crippen LogP contribution in [0.2, 0.25) is 0 Å². The summed E-state index contributed by atoms with van der Waals surface area (Å²) in [5.74, 6) is -0.717. The van der Waals surface area contributed by atoms with Crippen LogP contribution in [0.25, 0.3) is 0 Å². The van der Waals surface area contributed by atoms with Crippen LogP contribution in [-0.4, -0.2) is 66.9 Å². The lowest BCUT2D eigenvalue weighted by Crippen LogP contribution is -2.31. The van der Waals surface area contributed by atoms with Crippen molar-refractivity contribution in [2.45, 2.75) is 46.0 Å². The van der Waals surface area contributed by atoms with Gasteiger partial charge in [0.1, 0.15) is 6.54 Å². The fourth-order valence-electron chi connectivity index (χ4n) is 3.46. The van der Waals surface area contributed by atoms with Gasteiger partial charge < -0.3 is 4.55 Å². The summed E-state index contributed by atoms with van der Waals surface area (Å²) in [5, 5.41) is 0. The first-order valence-corrected chi connectivity index (χ1v) is 12.7. The molecule has 10 nitrogen and oxygen atoms in total. The van der Waals surface area contributed by atoms with Gasteiger partial charge >= 0.3 is 10.6 Å². The third-order valence-corrected chi connectivity index (χ3v) is 6.44. The smallest absolute Gasteiger partial charge is 0.425 e. The number of nitrogens with zero attached hydrogens (tertiary/aromatic N) is 1. The van der Waals surface area contributed by atoms with E-state index in [0.717, 1.165) is 17.0 Å². The van der Waals surface area contributed by atoms with Crippen LogP contribution in [0.5, 0.6) is 0 Å². The molecular weight excluding hydrogens is 458 g/mol. The van der Waals surface area contributed by atoms with Crippen molar-refractivity contribution in [3.63, 3.8) is 0 Å². The summed E-state index contributed by atoms with van der Waals surface area (Å²) in [6, 6.07) is 7.68. The van der Waals surface area contributed by atoms with Crippen LogP contribution in [0.3, 0.4) is 0 Å². The molecule has 0 bridgehead atoms. The molecule has 0 fully saturated rings. The van der Waals surface area contributed by atoms with Gasteiger partial charge in [0.15, 0.2) is 5.71 Å². The zero-order valence-electron chi connectivity index (χ0n) is 15.9. The van der Waals surface area contributed by atoms with Gasteiger partial charge in [-0.25, -0.2) is 8.42 Å². The molecule has 2 rings (SSSR count). The maximum Gasteiger partial charge on any atom is 0.425 e. The van der Waals surface area contributed by atoms with Gasteiger partial charge in [-0.1, -0.05) is 25.6 Å². The topological polar surface area (TPSA) is 166 Å². The van der Waals surface area contributed by atoms with Gasteiger partial charge in [-0.2, -0.15) is 13.0 Å². The Kier molecular flexibility index (Phi) is 10.5. The highest BCUT2D eigenvalue weighted by Gasteiger charge is 2.45. The van der Waals surface area contributed by atoms with Crippen LogP contribution in [0.15, 0.2) is 24.3 Å². The summed E-state index contributed by atoms with van der Waals surface area (Å²) in [5.41, 5.74) is 2.55. The van der Waals surface area contributed by atoms with Crippen molar-refractivity contribution < 1.29 is 43.1 Å². The minimum absolute atomic E-state index is 0. The van der Waals surface area contributed by atoms with E-state index in [9.17, 15) is 21.4 Å². The van der Waals surface area contributed by atoms with Gasteiger partial charge in [0.05, 0.1) is 21.3 Å². The first kappa shape index (κ1) is 28.3. The molecule has 1 unspecified atom stereocenters. The van der Waals surface area contributed by atoms with Crippen molar-refractivity contribution >= 4 is 42.2 Å². The molecule has 1 aromatic rings. The second-order valence-electron chi connectivity index (χ2n) is 6.80. The van der Waals surface area contributed by atoms with E-state index in [0.29, 0.717) is 19.4 Å². The van der Waals surface area contributed by atoms with E-state index in [1.807, 2.05) is 42.7 Å². The Morgan fingerprint density at radius 2 is 1.60 bits per heavy atom. The van der Waals surface area contributed by atoms with Gasteiger partial charge in [-0.15, -0.1) is 12.6 Å². The third-order valence-electron chi connectivity index (χ3n) is 4.85. The predicted octanol–water partition coefficient (Wildman–Crippen LogP) is 1.30. The molecule has 1 aromatic carbocycles. The van der Waals surface area contributed by atoms with Crippen LogP contribution >= 0.6 is 0 Å². The standard InChI is InChI=1S/C16H23NO6S2.CH4.O3S/c1-13-16(2,9-5-11-24(18,19)20)14-7-3-4-8-15(14)17(13)10-6-12-25(21,22)23;;1-4(2)3/h3-4,7-8H,5-6,9-12H2,1-2H3,(H-,18,19,20,21,22,23);1H4;. The largest absolute Gasteiger partial charge is 0.748 e. The van der Waals surface area contributed by atoms with Crippen molar-refractivity contribution in [3.8, 4) is 0 Å². The molecule has 1 aliphatic heterocycles.